The Labute approximate surface area is 111 Å². The first-order chi connectivity index (χ1) is 8.49. The maximum atomic E-state index is 11.7. The van der Waals surface area contributed by atoms with Crippen molar-refractivity contribution in [2.75, 3.05) is 0 Å². The SMILES string of the molecule is CC(C)C(CC(=O)O)NC(=O)CCc1cccs1. The number of carboxylic acids is 1. The van der Waals surface area contributed by atoms with Crippen LogP contribution >= 0.6 is 11.3 Å². The summed E-state index contributed by atoms with van der Waals surface area (Å²) in [5.41, 5.74) is 0. The van der Waals surface area contributed by atoms with Gasteiger partial charge in [-0.05, 0) is 23.8 Å². The molecule has 1 amide bonds. The zero-order chi connectivity index (χ0) is 13.5. The van der Waals surface area contributed by atoms with Gasteiger partial charge >= 0.3 is 5.97 Å². The molecule has 0 fully saturated rings. The smallest absolute Gasteiger partial charge is 0.305 e. The highest BCUT2D eigenvalue weighted by molar-refractivity contribution is 7.09. The van der Waals surface area contributed by atoms with Crippen LogP contribution in [0.3, 0.4) is 0 Å². The largest absolute Gasteiger partial charge is 0.481 e. The van der Waals surface area contributed by atoms with Crippen molar-refractivity contribution in [2.45, 2.75) is 39.2 Å². The van der Waals surface area contributed by atoms with Gasteiger partial charge in [0.1, 0.15) is 0 Å². The summed E-state index contributed by atoms with van der Waals surface area (Å²) in [6, 6.07) is 3.66. The Kier molecular flexibility index (Phi) is 5.85. The van der Waals surface area contributed by atoms with Crippen LogP contribution in [0.1, 0.15) is 31.6 Å². The molecular weight excluding hydrogens is 250 g/mol. The van der Waals surface area contributed by atoms with E-state index in [0.717, 1.165) is 0 Å². The fraction of sp³-hybridized carbons (Fsp3) is 0.538. The van der Waals surface area contributed by atoms with Gasteiger partial charge in [-0.2, -0.15) is 0 Å². The molecule has 0 aliphatic rings. The van der Waals surface area contributed by atoms with E-state index in [1.807, 2.05) is 31.4 Å². The molecule has 2 N–H and O–H groups in total. The molecule has 0 saturated heterocycles. The molecule has 4 nitrogen and oxygen atoms in total. The lowest BCUT2D eigenvalue weighted by Gasteiger charge is -2.20. The lowest BCUT2D eigenvalue weighted by atomic mass is 10.0. The van der Waals surface area contributed by atoms with E-state index in [4.69, 9.17) is 5.11 Å². The van der Waals surface area contributed by atoms with Crippen LogP contribution in [0.4, 0.5) is 0 Å². The Morgan fingerprint density at radius 3 is 2.67 bits per heavy atom. The Morgan fingerprint density at radius 1 is 1.44 bits per heavy atom. The van der Waals surface area contributed by atoms with Gasteiger partial charge in [-0.15, -0.1) is 11.3 Å². The molecule has 0 aliphatic heterocycles. The number of carboxylic acid groups (broad SMARTS) is 1. The average molecular weight is 269 g/mol. The number of hydrogen-bond donors (Lipinski definition) is 2. The van der Waals surface area contributed by atoms with E-state index in [1.54, 1.807) is 11.3 Å². The van der Waals surface area contributed by atoms with Crippen LogP contribution in [0.2, 0.25) is 0 Å². The van der Waals surface area contributed by atoms with E-state index in [1.165, 1.54) is 4.88 Å². The van der Waals surface area contributed by atoms with Gasteiger partial charge in [0.15, 0.2) is 0 Å². The van der Waals surface area contributed by atoms with Gasteiger partial charge in [-0.25, -0.2) is 0 Å². The number of aliphatic carboxylic acids is 1. The number of carbonyl (C=O) groups is 2. The minimum atomic E-state index is -0.882. The maximum Gasteiger partial charge on any atom is 0.305 e. The van der Waals surface area contributed by atoms with Crippen molar-refractivity contribution in [1.29, 1.82) is 0 Å². The molecule has 0 spiro atoms. The number of amides is 1. The molecule has 0 aromatic carbocycles. The second-order valence-corrected chi connectivity index (χ2v) is 5.63. The molecule has 0 bridgehead atoms. The number of thiophene rings is 1. The van der Waals surface area contributed by atoms with E-state index >= 15 is 0 Å². The van der Waals surface area contributed by atoms with Gasteiger partial charge in [-0.3, -0.25) is 9.59 Å². The van der Waals surface area contributed by atoms with Crippen LogP contribution in [0, 0.1) is 5.92 Å². The fourth-order valence-corrected chi connectivity index (χ4v) is 2.32. The second-order valence-electron chi connectivity index (χ2n) is 4.60. The lowest BCUT2D eigenvalue weighted by Crippen LogP contribution is -2.40. The molecule has 1 aromatic rings. The summed E-state index contributed by atoms with van der Waals surface area (Å²) in [4.78, 5) is 23.6. The summed E-state index contributed by atoms with van der Waals surface area (Å²) >= 11 is 1.63. The highest BCUT2D eigenvalue weighted by Crippen LogP contribution is 2.11. The Morgan fingerprint density at radius 2 is 2.17 bits per heavy atom. The van der Waals surface area contributed by atoms with Crippen molar-refractivity contribution >= 4 is 23.2 Å². The molecule has 1 rings (SSSR count). The monoisotopic (exact) mass is 269 g/mol. The second kappa shape index (κ2) is 7.16. The molecule has 0 radical (unpaired) electrons. The molecule has 1 aromatic heterocycles. The minimum Gasteiger partial charge on any atom is -0.481 e. The summed E-state index contributed by atoms with van der Waals surface area (Å²) in [6.45, 7) is 3.82. The van der Waals surface area contributed by atoms with Gasteiger partial charge in [0, 0.05) is 17.3 Å². The predicted molar refractivity (Wildman–Crippen MR) is 71.7 cm³/mol. The fourth-order valence-electron chi connectivity index (χ4n) is 1.61. The van der Waals surface area contributed by atoms with Crippen molar-refractivity contribution in [1.82, 2.24) is 5.32 Å². The first-order valence-electron chi connectivity index (χ1n) is 6.02. The third kappa shape index (κ3) is 5.31. The predicted octanol–water partition coefficient (Wildman–Crippen LogP) is 2.30. The highest BCUT2D eigenvalue weighted by atomic mass is 32.1. The van der Waals surface area contributed by atoms with E-state index in [2.05, 4.69) is 5.32 Å². The Balaban J connectivity index is 2.38. The highest BCUT2D eigenvalue weighted by Gasteiger charge is 2.19. The van der Waals surface area contributed by atoms with E-state index in [9.17, 15) is 9.59 Å². The van der Waals surface area contributed by atoms with E-state index in [-0.39, 0.29) is 24.3 Å². The van der Waals surface area contributed by atoms with Crippen molar-refractivity contribution in [3.8, 4) is 0 Å². The molecule has 5 heteroatoms. The summed E-state index contributed by atoms with van der Waals surface area (Å²) in [6.07, 6.45) is 1.09. The topological polar surface area (TPSA) is 66.4 Å². The van der Waals surface area contributed by atoms with E-state index in [0.29, 0.717) is 12.8 Å². The van der Waals surface area contributed by atoms with Crippen molar-refractivity contribution in [3.63, 3.8) is 0 Å². The Bertz CT molecular complexity index is 387. The summed E-state index contributed by atoms with van der Waals surface area (Å²) in [5.74, 6) is -0.845. The number of nitrogens with one attached hydrogen (secondary N) is 1. The van der Waals surface area contributed by atoms with Crippen LogP contribution in [-0.4, -0.2) is 23.0 Å². The summed E-state index contributed by atoms with van der Waals surface area (Å²) in [5, 5.41) is 13.6. The number of rotatable bonds is 7. The molecule has 1 atom stereocenters. The first-order valence-corrected chi connectivity index (χ1v) is 6.90. The molecule has 1 unspecified atom stereocenters. The van der Waals surface area contributed by atoms with Crippen LogP contribution in [0.25, 0.3) is 0 Å². The third-order valence-electron chi connectivity index (χ3n) is 2.72. The molecule has 1 heterocycles. The van der Waals surface area contributed by atoms with Gasteiger partial charge in [-0.1, -0.05) is 19.9 Å². The average Bonchev–Trinajstić information content (AvgIpc) is 2.77. The molecule has 0 saturated carbocycles. The van der Waals surface area contributed by atoms with Crippen LogP contribution in [-0.2, 0) is 16.0 Å². The van der Waals surface area contributed by atoms with Gasteiger partial charge < -0.3 is 10.4 Å². The minimum absolute atomic E-state index is 0.0254. The number of hydrogen-bond acceptors (Lipinski definition) is 3. The summed E-state index contributed by atoms with van der Waals surface area (Å²) in [7, 11) is 0. The normalized spacial score (nSPS) is 12.4. The van der Waals surface area contributed by atoms with Gasteiger partial charge in [0.05, 0.1) is 6.42 Å². The summed E-state index contributed by atoms with van der Waals surface area (Å²) < 4.78 is 0. The Hall–Kier alpha value is -1.36. The zero-order valence-electron chi connectivity index (χ0n) is 10.7. The van der Waals surface area contributed by atoms with Crippen molar-refractivity contribution in [2.24, 2.45) is 5.92 Å². The van der Waals surface area contributed by atoms with Gasteiger partial charge in [0.25, 0.3) is 0 Å². The maximum absolute atomic E-state index is 11.7. The van der Waals surface area contributed by atoms with Crippen molar-refractivity contribution < 1.29 is 14.7 Å². The van der Waals surface area contributed by atoms with Crippen molar-refractivity contribution in [3.05, 3.63) is 22.4 Å². The van der Waals surface area contributed by atoms with Crippen LogP contribution in [0.15, 0.2) is 17.5 Å². The molecule has 100 valence electrons. The molecular formula is C13H19NO3S. The molecule has 18 heavy (non-hydrogen) atoms. The standard InChI is InChI=1S/C13H19NO3S/c1-9(2)11(8-13(16)17)14-12(15)6-5-10-4-3-7-18-10/h3-4,7,9,11H,5-6,8H2,1-2H3,(H,14,15)(H,16,17). The third-order valence-corrected chi connectivity index (χ3v) is 3.66. The molecule has 0 aliphatic carbocycles. The lowest BCUT2D eigenvalue weighted by molar-refractivity contribution is -0.138. The first kappa shape index (κ1) is 14.7. The van der Waals surface area contributed by atoms with Crippen LogP contribution < -0.4 is 5.32 Å². The zero-order valence-corrected chi connectivity index (χ0v) is 11.5. The number of aryl methyl sites for hydroxylation is 1. The van der Waals surface area contributed by atoms with Crippen LogP contribution in [0.5, 0.6) is 0 Å². The van der Waals surface area contributed by atoms with Gasteiger partial charge in [0.2, 0.25) is 5.91 Å². The number of carbonyl (C=O) groups excluding carboxylic acids is 1. The van der Waals surface area contributed by atoms with E-state index < -0.39 is 5.97 Å². The quantitative estimate of drug-likeness (QED) is 0.798.